The molecular weight excluding hydrogens is 344 g/mol. The normalized spacial score (nSPS) is 15.5. The van der Waals surface area contributed by atoms with Gasteiger partial charge in [-0.3, -0.25) is 4.79 Å². The van der Waals surface area contributed by atoms with Crippen LogP contribution in [0.5, 0.6) is 0 Å². The lowest BCUT2D eigenvalue weighted by Crippen LogP contribution is -2.39. The Kier molecular flexibility index (Phi) is 5.20. The summed E-state index contributed by atoms with van der Waals surface area (Å²) in [6, 6.07) is 10.2. The zero-order valence-corrected chi connectivity index (χ0v) is 15.5. The van der Waals surface area contributed by atoms with Crippen LogP contribution >= 0.6 is 0 Å². The fourth-order valence-corrected chi connectivity index (χ4v) is 3.63. The van der Waals surface area contributed by atoms with Crippen molar-refractivity contribution in [1.82, 2.24) is 19.6 Å². The number of hydrogen-bond acceptors (Lipinski definition) is 5. The number of carbonyl (C=O) groups excluding carboxylic acids is 1. The van der Waals surface area contributed by atoms with E-state index in [2.05, 4.69) is 16.2 Å². The van der Waals surface area contributed by atoms with Crippen molar-refractivity contribution in [2.75, 3.05) is 26.8 Å². The van der Waals surface area contributed by atoms with Crippen LogP contribution in [0.4, 0.5) is 0 Å². The van der Waals surface area contributed by atoms with Crippen molar-refractivity contribution in [3.63, 3.8) is 0 Å². The van der Waals surface area contributed by atoms with E-state index in [0.717, 1.165) is 36.8 Å². The number of benzene rings is 1. The van der Waals surface area contributed by atoms with E-state index in [0.29, 0.717) is 31.3 Å². The van der Waals surface area contributed by atoms with Crippen molar-refractivity contribution < 1.29 is 14.1 Å². The first-order valence-electron chi connectivity index (χ1n) is 9.37. The topological polar surface area (TPSA) is 73.4 Å². The molecule has 1 aromatic carbocycles. The lowest BCUT2D eigenvalue weighted by molar-refractivity contribution is -0.132. The van der Waals surface area contributed by atoms with Crippen LogP contribution in [0, 0.1) is 0 Å². The van der Waals surface area contributed by atoms with Crippen molar-refractivity contribution in [2.24, 2.45) is 0 Å². The van der Waals surface area contributed by atoms with Crippen molar-refractivity contribution in [3.8, 4) is 0 Å². The number of hydrogen-bond donors (Lipinski definition) is 0. The molecule has 0 N–H and O–H groups in total. The Morgan fingerprint density at radius 2 is 2.07 bits per heavy atom. The number of carbonyl (C=O) groups is 1. The largest absolute Gasteiger partial charge is 0.384 e. The number of amides is 1. The SMILES string of the molecule is COCCc1noc(C2CCN(C(=O)Cn3ccc4ccccc43)CC2)n1. The molecule has 0 aliphatic carbocycles. The fraction of sp³-hybridized carbons (Fsp3) is 0.450. The number of piperidine rings is 1. The Bertz CT molecular complexity index is 909. The van der Waals surface area contributed by atoms with Gasteiger partial charge in [-0.05, 0) is 30.4 Å². The van der Waals surface area contributed by atoms with E-state index in [-0.39, 0.29) is 11.8 Å². The lowest BCUT2D eigenvalue weighted by Gasteiger charge is -2.30. The number of aromatic nitrogens is 3. The van der Waals surface area contributed by atoms with Gasteiger partial charge in [0, 0.05) is 44.3 Å². The number of likely N-dealkylation sites (tertiary alicyclic amines) is 1. The van der Waals surface area contributed by atoms with Gasteiger partial charge in [0.05, 0.1) is 6.61 Å². The summed E-state index contributed by atoms with van der Waals surface area (Å²) in [4.78, 5) is 19.1. The van der Waals surface area contributed by atoms with Crippen LogP contribution in [0.1, 0.15) is 30.5 Å². The Labute approximate surface area is 157 Å². The summed E-state index contributed by atoms with van der Waals surface area (Å²) < 4.78 is 12.5. The molecular formula is C20H24N4O3. The minimum atomic E-state index is 0.154. The Balaban J connectivity index is 1.33. The highest BCUT2D eigenvalue weighted by molar-refractivity contribution is 5.83. The maximum Gasteiger partial charge on any atom is 0.242 e. The van der Waals surface area contributed by atoms with Gasteiger partial charge >= 0.3 is 0 Å². The molecule has 4 rings (SSSR count). The van der Waals surface area contributed by atoms with Gasteiger partial charge in [0.25, 0.3) is 0 Å². The lowest BCUT2D eigenvalue weighted by atomic mass is 9.96. The average molecular weight is 368 g/mol. The maximum atomic E-state index is 12.7. The van der Waals surface area contributed by atoms with Gasteiger partial charge in [-0.1, -0.05) is 23.4 Å². The molecule has 0 atom stereocenters. The first-order valence-corrected chi connectivity index (χ1v) is 9.37. The first kappa shape index (κ1) is 17.7. The van der Waals surface area contributed by atoms with E-state index in [1.54, 1.807) is 7.11 Å². The summed E-state index contributed by atoms with van der Waals surface area (Å²) in [6.45, 7) is 2.40. The van der Waals surface area contributed by atoms with Crippen LogP contribution in [-0.4, -0.2) is 52.3 Å². The highest BCUT2D eigenvalue weighted by Crippen LogP contribution is 2.27. The second kappa shape index (κ2) is 7.92. The van der Waals surface area contributed by atoms with Crippen LogP contribution in [0.25, 0.3) is 10.9 Å². The van der Waals surface area contributed by atoms with E-state index in [4.69, 9.17) is 9.26 Å². The van der Waals surface area contributed by atoms with Crippen molar-refractivity contribution in [3.05, 3.63) is 48.2 Å². The molecule has 0 bridgehead atoms. The summed E-state index contributed by atoms with van der Waals surface area (Å²) in [5.41, 5.74) is 1.09. The molecule has 1 saturated heterocycles. The Hall–Kier alpha value is -2.67. The number of methoxy groups -OCH3 is 1. The van der Waals surface area contributed by atoms with Gasteiger partial charge in [-0.25, -0.2) is 0 Å². The van der Waals surface area contributed by atoms with Crippen LogP contribution in [0.3, 0.4) is 0 Å². The molecule has 0 unspecified atom stereocenters. The van der Waals surface area contributed by atoms with E-state index in [9.17, 15) is 4.79 Å². The number of fused-ring (bicyclic) bond motifs is 1. The van der Waals surface area contributed by atoms with Gasteiger partial charge in [-0.15, -0.1) is 0 Å². The second-order valence-corrected chi connectivity index (χ2v) is 6.95. The third-order valence-corrected chi connectivity index (χ3v) is 5.20. The third kappa shape index (κ3) is 3.88. The molecule has 0 radical (unpaired) electrons. The molecule has 1 fully saturated rings. The summed E-state index contributed by atoms with van der Waals surface area (Å²) >= 11 is 0. The summed E-state index contributed by atoms with van der Waals surface area (Å²) in [5.74, 6) is 1.75. The molecule has 0 spiro atoms. The maximum absolute atomic E-state index is 12.7. The summed E-state index contributed by atoms with van der Waals surface area (Å²) in [5, 5.41) is 5.17. The van der Waals surface area contributed by atoms with E-state index >= 15 is 0 Å². The molecule has 0 saturated carbocycles. The van der Waals surface area contributed by atoms with E-state index < -0.39 is 0 Å². The summed E-state index contributed by atoms with van der Waals surface area (Å²) in [7, 11) is 1.66. The molecule has 1 aliphatic rings. The van der Waals surface area contributed by atoms with Crippen molar-refractivity contribution in [2.45, 2.75) is 31.7 Å². The first-order chi connectivity index (χ1) is 13.2. The molecule has 7 nitrogen and oxygen atoms in total. The van der Waals surface area contributed by atoms with Gasteiger partial charge < -0.3 is 18.7 Å². The van der Waals surface area contributed by atoms with Crippen molar-refractivity contribution in [1.29, 1.82) is 0 Å². The van der Waals surface area contributed by atoms with E-state index in [1.807, 2.05) is 39.9 Å². The number of ether oxygens (including phenoxy) is 1. The minimum Gasteiger partial charge on any atom is -0.384 e. The van der Waals surface area contributed by atoms with Gasteiger partial charge in [0.2, 0.25) is 11.8 Å². The molecule has 1 aliphatic heterocycles. The smallest absolute Gasteiger partial charge is 0.242 e. The van der Waals surface area contributed by atoms with Crippen LogP contribution < -0.4 is 0 Å². The predicted octanol–water partition coefficient (Wildman–Crippen LogP) is 2.62. The summed E-state index contributed by atoms with van der Waals surface area (Å²) in [6.07, 6.45) is 4.34. The van der Waals surface area contributed by atoms with Gasteiger partial charge in [-0.2, -0.15) is 4.98 Å². The molecule has 3 heterocycles. The predicted molar refractivity (Wildman–Crippen MR) is 100 cm³/mol. The van der Waals surface area contributed by atoms with Crippen molar-refractivity contribution >= 4 is 16.8 Å². The number of rotatable bonds is 6. The molecule has 1 amide bonds. The molecule has 3 aromatic rings. The highest BCUT2D eigenvalue weighted by atomic mass is 16.5. The minimum absolute atomic E-state index is 0.154. The molecule has 142 valence electrons. The molecule has 7 heteroatoms. The van der Waals surface area contributed by atoms with Gasteiger partial charge in [0.1, 0.15) is 6.54 Å². The zero-order chi connectivity index (χ0) is 18.6. The monoisotopic (exact) mass is 368 g/mol. The standard InChI is InChI=1S/C20H24N4O3/c1-26-13-9-18-21-20(27-22-18)16-7-10-23(11-8-16)19(25)14-24-12-6-15-4-2-3-5-17(15)24/h2-6,12,16H,7-11,13-14H2,1H3. The molecule has 27 heavy (non-hydrogen) atoms. The second-order valence-electron chi connectivity index (χ2n) is 6.95. The van der Waals surface area contributed by atoms with E-state index in [1.165, 1.54) is 0 Å². The Morgan fingerprint density at radius 3 is 2.89 bits per heavy atom. The van der Waals surface area contributed by atoms with Gasteiger partial charge in [0.15, 0.2) is 5.82 Å². The quantitative estimate of drug-likeness (QED) is 0.669. The highest BCUT2D eigenvalue weighted by Gasteiger charge is 2.27. The third-order valence-electron chi connectivity index (χ3n) is 5.20. The number of nitrogens with zero attached hydrogens (tertiary/aromatic N) is 4. The molecule has 2 aromatic heterocycles. The van der Waals surface area contributed by atoms with Crippen LogP contribution in [0.2, 0.25) is 0 Å². The van der Waals surface area contributed by atoms with Crippen LogP contribution in [-0.2, 0) is 22.5 Å². The number of para-hydroxylation sites is 1. The average Bonchev–Trinajstić information content (AvgIpc) is 3.34. The van der Waals surface area contributed by atoms with Crippen LogP contribution in [0.15, 0.2) is 41.1 Å². The Morgan fingerprint density at radius 1 is 1.26 bits per heavy atom. The fourth-order valence-electron chi connectivity index (χ4n) is 3.63. The zero-order valence-electron chi connectivity index (χ0n) is 15.5.